The van der Waals surface area contributed by atoms with E-state index in [0.717, 1.165) is 11.8 Å². The standard InChI is InChI=1S/C12H21N/c1-9(10-5-6-10)13(4)8-11-7-12(11,2)3/h10-11H,1,5-8H2,2-4H3. The Balaban J connectivity index is 1.78. The molecule has 1 atom stereocenters. The number of hydrogen-bond donors (Lipinski definition) is 0. The van der Waals surface area contributed by atoms with Gasteiger partial charge in [0.2, 0.25) is 0 Å². The van der Waals surface area contributed by atoms with Crippen molar-refractivity contribution in [3.63, 3.8) is 0 Å². The topological polar surface area (TPSA) is 3.24 Å². The van der Waals surface area contributed by atoms with Crippen LogP contribution in [-0.2, 0) is 0 Å². The van der Waals surface area contributed by atoms with E-state index in [1.807, 2.05) is 0 Å². The molecule has 2 rings (SSSR count). The molecule has 0 aromatic heterocycles. The molecule has 0 N–H and O–H groups in total. The summed E-state index contributed by atoms with van der Waals surface area (Å²) in [5.41, 5.74) is 1.99. The van der Waals surface area contributed by atoms with Crippen LogP contribution in [0.25, 0.3) is 0 Å². The smallest absolute Gasteiger partial charge is 0.0205 e. The van der Waals surface area contributed by atoms with Gasteiger partial charge in [0.1, 0.15) is 0 Å². The van der Waals surface area contributed by atoms with Gasteiger partial charge < -0.3 is 4.90 Å². The van der Waals surface area contributed by atoms with E-state index >= 15 is 0 Å². The summed E-state index contributed by atoms with van der Waals surface area (Å²) < 4.78 is 0. The predicted octanol–water partition coefficient (Wildman–Crippen LogP) is 2.89. The van der Waals surface area contributed by atoms with Gasteiger partial charge in [-0.2, -0.15) is 0 Å². The molecule has 0 aliphatic heterocycles. The fraction of sp³-hybridized carbons (Fsp3) is 0.833. The number of nitrogens with zero attached hydrogens (tertiary/aromatic N) is 1. The van der Waals surface area contributed by atoms with Gasteiger partial charge in [0.25, 0.3) is 0 Å². The lowest BCUT2D eigenvalue weighted by Gasteiger charge is -2.22. The van der Waals surface area contributed by atoms with Gasteiger partial charge in [0.05, 0.1) is 0 Å². The molecule has 0 spiro atoms. The van der Waals surface area contributed by atoms with Crippen molar-refractivity contribution in [3.8, 4) is 0 Å². The monoisotopic (exact) mass is 179 g/mol. The molecule has 0 radical (unpaired) electrons. The molecule has 2 fully saturated rings. The van der Waals surface area contributed by atoms with Crippen LogP contribution in [0.3, 0.4) is 0 Å². The van der Waals surface area contributed by atoms with Crippen molar-refractivity contribution in [2.75, 3.05) is 13.6 Å². The third kappa shape index (κ3) is 1.90. The minimum absolute atomic E-state index is 0.609. The molecule has 0 amide bonds. The molecule has 13 heavy (non-hydrogen) atoms. The van der Waals surface area contributed by atoms with E-state index in [1.165, 1.54) is 31.5 Å². The van der Waals surface area contributed by atoms with Crippen molar-refractivity contribution in [3.05, 3.63) is 12.3 Å². The van der Waals surface area contributed by atoms with Crippen LogP contribution in [0.5, 0.6) is 0 Å². The van der Waals surface area contributed by atoms with Crippen LogP contribution in [0.4, 0.5) is 0 Å². The Bertz CT molecular complexity index is 225. The zero-order chi connectivity index (χ0) is 9.64. The van der Waals surface area contributed by atoms with Gasteiger partial charge in [-0.3, -0.25) is 0 Å². The maximum atomic E-state index is 4.17. The molecule has 0 aromatic carbocycles. The Morgan fingerprint density at radius 3 is 2.38 bits per heavy atom. The van der Waals surface area contributed by atoms with E-state index in [-0.39, 0.29) is 0 Å². The molecule has 2 aliphatic carbocycles. The van der Waals surface area contributed by atoms with Gasteiger partial charge >= 0.3 is 0 Å². The van der Waals surface area contributed by atoms with E-state index in [9.17, 15) is 0 Å². The summed E-state index contributed by atoms with van der Waals surface area (Å²) in [4.78, 5) is 2.39. The Labute approximate surface area is 81.8 Å². The largest absolute Gasteiger partial charge is 0.378 e. The molecule has 1 nitrogen and oxygen atoms in total. The lowest BCUT2D eigenvalue weighted by Crippen LogP contribution is -2.22. The van der Waals surface area contributed by atoms with E-state index in [0.29, 0.717) is 5.41 Å². The minimum Gasteiger partial charge on any atom is -0.378 e. The molecule has 0 bridgehead atoms. The second-order valence-corrected chi connectivity index (χ2v) is 5.54. The van der Waals surface area contributed by atoms with Crippen LogP contribution in [0.1, 0.15) is 33.1 Å². The predicted molar refractivity (Wildman–Crippen MR) is 56.4 cm³/mol. The zero-order valence-corrected chi connectivity index (χ0v) is 9.14. The first-order valence-corrected chi connectivity index (χ1v) is 5.40. The first kappa shape index (κ1) is 9.11. The molecule has 0 saturated heterocycles. The molecular weight excluding hydrogens is 158 g/mol. The van der Waals surface area contributed by atoms with Gasteiger partial charge in [0.15, 0.2) is 0 Å². The quantitative estimate of drug-likeness (QED) is 0.641. The SMILES string of the molecule is C=C(C1CC1)N(C)CC1CC1(C)C. The molecule has 74 valence electrons. The second-order valence-electron chi connectivity index (χ2n) is 5.54. The third-order valence-corrected chi connectivity index (χ3v) is 3.75. The summed E-state index contributed by atoms with van der Waals surface area (Å²) in [6.45, 7) is 10.1. The maximum absolute atomic E-state index is 4.17. The molecule has 1 unspecified atom stereocenters. The highest BCUT2D eigenvalue weighted by molar-refractivity contribution is 5.08. The summed E-state index contributed by atoms with van der Waals surface area (Å²) in [6.07, 6.45) is 4.14. The second kappa shape index (κ2) is 2.76. The molecule has 0 heterocycles. The summed E-state index contributed by atoms with van der Waals surface area (Å²) in [5, 5.41) is 0. The van der Waals surface area contributed by atoms with Gasteiger partial charge in [-0.05, 0) is 36.5 Å². The maximum Gasteiger partial charge on any atom is 0.0205 e. The molecule has 1 heteroatoms. The lowest BCUT2D eigenvalue weighted by atomic mass is 10.1. The van der Waals surface area contributed by atoms with Crippen molar-refractivity contribution in [1.29, 1.82) is 0 Å². The Morgan fingerprint density at radius 1 is 1.46 bits per heavy atom. The van der Waals surface area contributed by atoms with Gasteiger partial charge in [-0.1, -0.05) is 20.4 Å². The number of rotatable bonds is 4. The van der Waals surface area contributed by atoms with Gasteiger partial charge in [-0.25, -0.2) is 0 Å². The molecular formula is C12H21N. The van der Waals surface area contributed by atoms with Crippen LogP contribution in [0.2, 0.25) is 0 Å². The average Bonchev–Trinajstić information content (AvgIpc) is 2.88. The number of hydrogen-bond acceptors (Lipinski definition) is 1. The van der Waals surface area contributed by atoms with Gasteiger partial charge in [-0.15, -0.1) is 0 Å². The fourth-order valence-electron chi connectivity index (χ4n) is 2.06. The molecule has 0 aromatic rings. The lowest BCUT2D eigenvalue weighted by molar-refractivity contribution is 0.353. The highest BCUT2D eigenvalue weighted by atomic mass is 15.1. The van der Waals surface area contributed by atoms with Crippen molar-refractivity contribution >= 4 is 0 Å². The Kier molecular flexibility index (Phi) is 1.94. The third-order valence-electron chi connectivity index (χ3n) is 3.75. The first-order chi connectivity index (χ1) is 6.00. The summed E-state index contributed by atoms with van der Waals surface area (Å²) >= 11 is 0. The minimum atomic E-state index is 0.609. The average molecular weight is 179 g/mol. The molecule has 2 aliphatic rings. The van der Waals surface area contributed by atoms with Crippen molar-refractivity contribution in [2.45, 2.75) is 33.1 Å². The van der Waals surface area contributed by atoms with Crippen LogP contribution < -0.4 is 0 Å². The van der Waals surface area contributed by atoms with Gasteiger partial charge in [0, 0.05) is 19.3 Å². The van der Waals surface area contributed by atoms with Crippen molar-refractivity contribution in [2.24, 2.45) is 17.3 Å². The summed E-state index contributed by atoms with van der Waals surface area (Å²) in [5.74, 6) is 1.74. The zero-order valence-electron chi connectivity index (χ0n) is 9.14. The van der Waals surface area contributed by atoms with E-state index in [1.54, 1.807) is 0 Å². The van der Waals surface area contributed by atoms with Crippen molar-refractivity contribution < 1.29 is 0 Å². The van der Waals surface area contributed by atoms with E-state index in [2.05, 4.69) is 32.4 Å². The summed E-state index contributed by atoms with van der Waals surface area (Å²) in [7, 11) is 2.20. The fourth-order valence-corrected chi connectivity index (χ4v) is 2.06. The normalized spacial score (nSPS) is 29.9. The number of allylic oxidation sites excluding steroid dienone is 1. The van der Waals surface area contributed by atoms with Crippen LogP contribution in [0.15, 0.2) is 12.3 Å². The van der Waals surface area contributed by atoms with Crippen molar-refractivity contribution in [1.82, 2.24) is 4.90 Å². The highest BCUT2D eigenvalue weighted by Crippen LogP contribution is 2.52. The Hall–Kier alpha value is -0.460. The van der Waals surface area contributed by atoms with E-state index in [4.69, 9.17) is 0 Å². The molecule has 2 saturated carbocycles. The summed E-state index contributed by atoms with van der Waals surface area (Å²) in [6, 6.07) is 0. The van der Waals surface area contributed by atoms with Crippen LogP contribution in [-0.4, -0.2) is 18.5 Å². The highest BCUT2D eigenvalue weighted by Gasteiger charge is 2.46. The van der Waals surface area contributed by atoms with E-state index < -0.39 is 0 Å². The first-order valence-electron chi connectivity index (χ1n) is 5.40. The van der Waals surface area contributed by atoms with Crippen LogP contribution >= 0.6 is 0 Å². The van der Waals surface area contributed by atoms with Crippen LogP contribution in [0, 0.1) is 17.3 Å². The Morgan fingerprint density at radius 2 is 2.00 bits per heavy atom.